The molecule has 0 aromatic heterocycles. The van der Waals surface area contributed by atoms with E-state index < -0.39 is 71.2 Å². The fourth-order valence-corrected chi connectivity index (χ4v) is 7.75. The minimum absolute atomic E-state index is 0.0179. The molecule has 2 heterocycles. The number of ketones is 2. The number of rotatable bonds is 17. The summed E-state index contributed by atoms with van der Waals surface area (Å²) in [7, 11) is 0. The lowest BCUT2D eigenvalue weighted by Gasteiger charge is -2.36. The maximum absolute atomic E-state index is 14.6. The largest absolute Gasteiger partial charge is 0.444 e. The normalized spacial score (nSPS) is 21.2. The van der Waals surface area contributed by atoms with E-state index in [2.05, 4.69) is 27.8 Å². The first-order chi connectivity index (χ1) is 26.6. The molecule has 4 aliphatic rings. The van der Waals surface area contributed by atoms with Crippen molar-refractivity contribution in [3.8, 4) is 0 Å². The van der Waals surface area contributed by atoms with Gasteiger partial charge >= 0.3 is 6.09 Å². The molecular formula is C42H60N6O8. The summed E-state index contributed by atoms with van der Waals surface area (Å²) >= 11 is 0. The molecule has 0 bridgehead atoms. The zero-order chi connectivity index (χ0) is 40.7. The van der Waals surface area contributed by atoms with E-state index in [1.165, 1.54) is 16.5 Å². The zero-order valence-electron chi connectivity index (χ0n) is 33.6. The standard InChI is InChI=1S/C42H60N6O8/c1-7-18-43-39(53)36(51)31(20-26-11-10-12-26)45-38(52)32-21-30(56-41(55)47-19-17-27-13-8-9-14-29(27)23-47)24-48(32)40(54)37(42(4,5)6)44-22-33(49)46-34(25(2)3)35(50)28-15-16-28/h7-9,13-14,25-26,28,30-32,34,37,44H,1,10-12,15-24H2,2-6H3,(H,43,53)(H,45,52)(H,46,49)/t30-,31?,32+,34+,37-/m1/s1. The monoisotopic (exact) mass is 776 g/mol. The Morgan fingerprint density at radius 3 is 2.29 bits per heavy atom. The molecule has 5 rings (SSSR count). The van der Waals surface area contributed by atoms with Crippen LogP contribution >= 0.6 is 0 Å². The molecule has 1 aromatic rings. The molecule has 306 valence electrons. The Bertz CT molecular complexity index is 1660. The van der Waals surface area contributed by atoms with Gasteiger partial charge in [-0.2, -0.15) is 0 Å². The highest BCUT2D eigenvalue weighted by molar-refractivity contribution is 6.38. The number of nitrogens with zero attached hydrogens (tertiary/aromatic N) is 2. The molecule has 4 N–H and O–H groups in total. The second-order valence-electron chi connectivity index (χ2n) is 17.3. The van der Waals surface area contributed by atoms with Gasteiger partial charge in [0.05, 0.1) is 31.2 Å². The zero-order valence-corrected chi connectivity index (χ0v) is 33.6. The molecule has 1 unspecified atom stereocenters. The van der Waals surface area contributed by atoms with Crippen LogP contribution in [-0.2, 0) is 46.5 Å². The topological polar surface area (TPSA) is 183 Å². The lowest BCUT2D eigenvalue weighted by atomic mass is 9.80. The minimum Gasteiger partial charge on any atom is -0.444 e. The maximum atomic E-state index is 14.6. The van der Waals surface area contributed by atoms with Crippen LogP contribution in [0.4, 0.5) is 4.79 Å². The Labute approximate surface area is 330 Å². The highest BCUT2D eigenvalue weighted by Gasteiger charge is 2.47. The van der Waals surface area contributed by atoms with Gasteiger partial charge in [0.25, 0.3) is 5.91 Å². The molecule has 1 aromatic carbocycles. The molecule has 2 aliphatic heterocycles. The van der Waals surface area contributed by atoms with Gasteiger partial charge < -0.3 is 30.5 Å². The Hall–Kier alpha value is -4.59. The highest BCUT2D eigenvalue weighted by Crippen LogP contribution is 2.33. The molecular weight excluding hydrogens is 716 g/mol. The molecule has 14 nitrogen and oxygen atoms in total. The van der Waals surface area contributed by atoms with Crippen LogP contribution in [-0.4, -0.2) is 108 Å². The number of nitrogens with one attached hydrogen (secondary N) is 4. The summed E-state index contributed by atoms with van der Waals surface area (Å²) in [5, 5.41) is 11.2. The van der Waals surface area contributed by atoms with Crippen LogP contribution in [0.1, 0.15) is 90.7 Å². The van der Waals surface area contributed by atoms with Crippen molar-refractivity contribution in [3.63, 3.8) is 0 Å². The summed E-state index contributed by atoms with van der Waals surface area (Å²) in [4.78, 5) is 97.6. The molecule has 1 saturated heterocycles. The fourth-order valence-electron chi connectivity index (χ4n) is 7.75. The number of carbonyl (C=O) groups is 7. The van der Waals surface area contributed by atoms with Gasteiger partial charge in [-0.3, -0.25) is 34.1 Å². The molecule has 3 fully saturated rings. The molecule has 0 radical (unpaired) electrons. The number of ether oxygens (including phenoxy) is 1. The van der Waals surface area contributed by atoms with Crippen molar-refractivity contribution in [2.75, 3.05) is 26.2 Å². The summed E-state index contributed by atoms with van der Waals surface area (Å²) in [6.45, 7) is 13.4. The first-order valence-corrected chi connectivity index (χ1v) is 20.2. The van der Waals surface area contributed by atoms with Crippen molar-refractivity contribution in [2.24, 2.45) is 23.2 Å². The number of benzene rings is 1. The Morgan fingerprint density at radius 1 is 0.982 bits per heavy atom. The third kappa shape index (κ3) is 10.8. The summed E-state index contributed by atoms with van der Waals surface area (Å²) in [5.74, 6) is -3.13. The van der Waals surface area contributed by atoms with Crippen LogP contribution in [0.25, 0.3) is 0 Å². The summed E-state index contributed by atoms with van der Waals surface area (Å²) in [6.07, 6.45) is 5.36. The number of likely N-dealkylation sites (tertiary alicyclic amines) is 1. The molecule has 5 atom stereocenters. The lowest BCUT2D eigenvalue weighted by Crippen LogP contribution is -2.59. The van der Waals surface area contributed by atoms with Crippen LogP contribution < -0.4 is 21.3 Å². The van der Waals surface area contributed by atoms with Crippen molar-refractivity contribution < 1.29 is 38.3 Å². The number of Topliss-reactive ketones (excluding diaryl/α,β-unsaturated/α-hetero) is 2. The predicted molar refractivity (Wildman–Crippen MR) is 209 cm³/mol. The molecule has 56 heavy (non-hydrogen) atoms. The van der Waals surface area contributed by atoms with Crippen LogP contribution in [0.3, 0.4) is 0 Å². The summed E-state index contributed by atoms with van der Waals surface area (Å²) in [5.41, 5.74) is 1.44. The fraction of sp³-hybridized carbons (Fsp3) is 0.643. The number of hydrogen-bond donors (Lipinski definition) is 4. The Balaban J connectivity index is 1.34. The second kappa shape index (κ2) is 18.6. The Morgan fingerprint density at radius 2 is 1.68 bits per heavy atom. The van der Waals surface area contributed by atoms with Gasteiger partial charge in [0.1, 0.15) is 12.1 Å². The van der Waals surface area contributed by atoms with Gasteiger partial charge in [-0.15, -0.1) is 6.58 Å². The summed E-state index contributed by atoms with van der Waals surface area (Å²) in [6, 6.07) is 4.03. The van der Waals surface area contributed by atoms with Crippen LogP contribution in [0.15, 0.2) is 36.9 Å². The van der Waals surface area contributed by atoms with Gasteiger partial charge in [-0.05, 0) is 54.1 Å². The van der Waals surface area contributed by atoms with Gasteiger partial charge in [-0.25, -0.2) is 4.79 Å². The lowest BCUT2D eigenvalue weighted by molar-refractivity contribution is -0.144. The quantitative estimate of drug-likeness (QED) is 0.137. The van der Waals surface area contributed by atoms with E-state index in [0.717, 1.165) is 37.7 Å². The van der Waals surface area contributed by atoms with E-state index in [0.29, 0.717) is 19.5 Å². The SMILES string of the molecule is C=CCNC(=O)C(=O)C(CC1CCC1)NC(=O)[C@@H]1C[C@@H](OC(=O)N2CCc3ccccc3C2)CN1C(=O)[C@@H](NCC(=O)N[C@H](C(=O)C1CC1)C(C)C)C(C)(C)C. The average molecular weight is 777 g/mol. The van der Waals surface area contributed by atoms with Crippen molar-refractivity contribution in [1.82, 2.24) is 31.1 Å². The van der Waals surface area contributed by atoms with E-state index in [1.807, 2.05) is 58.9 Å². The van der Waals surface area contributed by atoms with Gasteiger partial charge in [-0.1, -0.05) is 84.2 Å². The van der Waals surface area contributed by atoms with Crippen LogP contribution in [0.5, 0.6) is 0 Å². The molecule has 0 spiro atoms. The van der Waals surface area contributed by atoms with Crippen molar-refractivity contribution in [1.29, 1.82) is 0 Å². The third-order valence-electron chi connectivity index (χ3n) is 11.4. The van der Waals surface area contributed by atoms with E-state index in [1.54, 1.807) is 4.90 Å². The number of fused-ring (bicyclic) bond motifs is 1. The average Bonchev–Trinajstić information content (AvgIpc) is 3.91. The first kappa shape index (κ1) is 42.6. The predicted octanol–water partition coefficient (Wildman–Crippen LogP) is 2.82. The van der Waals surface area contributed by atoms with Crippen molar-refractivity contribution >= 4 is 41.3 Å². The minimum atomic E-state index is -1.14. The molecule has 5 amide bonds. The Kier molecular flexibility index (Phi) is 14.1. The summed E-state index contributed by atoms with van der Waals surface area (Å²) < 4.78 is 5.99. The van der Waals surface area contributed by atoms with E-state index in [9.17, 15) is 33.6 Å². The second-order valence-corrected chi connectivity index (χ2v) is 17.3. The van der Waals surface area contributed by atoms with Gasteiger partial charge in [0, 0.05) is 32.0 Å². The third-order valence-corrected chi connectivity index (χ3v) is 11.4. The van der Waals surface area contributed by atoms with E-state index >= 15 is 0 Å². The van der Waals surface area contributed by atoms with E-state index in [-0.39, 0.29) is 56.0 Å². The van der Waals surface area contributed by atoms with E-state index in [4.69, 9.17) is 4.74 Å². The van der Waals surface area contributed by atoms with Crippen LogP contribution in [0.2, 0.25) is 0 Å². The molecule has 14 heteroatoms. The number of carbonyl (C=O) groups excluding carboxylic acids is 7. The molecule has 2 aliphatic carbocycles. The van der Waals surface area contributed by atoms with Gasteiger partial charge in [0.2, 0.25) is 23.5 Å². The van der Waals surface area contributed by atoms with Crippen LogP contribution in [0, 0.1) is 23.2 Å². The number of amides is 5. The van der Waals surface area contributed by atoms with Crippen molar-refractivity contribution in [3.05, 3.63) is 48.0 Å². The van der Waals surface area contributed by atoms with Crippen molar-refractivity contribution in [2.45, 2.75) is 123 Å². The molecule has 2 saturated carbocycles. The first-order valence-electron chi connectivity index (χ1n) is 20.2. The highest BCUT2D eigenvalue weighted by atomic mass is 16.6. The number of hydrogen-bond acceptors (Lipinski definition) is 9. The van der Waals surface area contributed by atoms with Gasteiger partial charge in [0.15, 0.2) is 5.78 Å². The smallest absolute Gasteiger partial charge is 0.410 e. The maximum Gasteiger partial charge on any atom is 0.410 e.